The molecule has 162 valence electrons. The Kier molecular flexibility index (Phi) is 4.98. The number of hydrogen-bond donors (Lipinski definition) is 0. The van der Waals surface area contributed by atoms with Crippen LogP contribution in [0.4, 0.5) is 5.69 Å². The summed E-state index contributed by atoms with van der Waals surface area (Å²) in [6.07, 6.45) is 1.42. The van der Waals surface area contributed by atoms with Crippen molar-refractivity contribution in [1.82, 2.24) is 4.90 Å². The summed E-state index contributed by atoms with van der Waals surface area (Å²) in [6.45, 7) is 7.28. The van der Waals surface area contributed by atoms with Gasteiger partial charge in [-0.05, 0) is 35.1 Å². The van der Waals surface area contributed by atoms with Crippen molar-refractivity contribution in [1.29, 1.82) is 0 Å². The summed E-state index contributed by atoms with van der Waals surface area (Å²) >= 11 is 6.34. The first-order chi connectivity index (χ1) is 14.8. The Labute approximate surface area is 189 Å². The molecule has 0 amide bonds. The Hall–Kier alpha value is -2.17. The molecule has 1 saturated heterocycles. The number of fused-ring (bicyclic) bond motifs is 4. The number of halogens is 1. The Balaban J connectivity index is 1.55. The quantitative estimate of drug-likeness (QED) is 0.648. The zero-order chi connectivity index (χ0) is 21.8. The molecule has 0 aromatic heterocycles. The van der Waals surface area contributed by atoms with Gasteiger partial charge in [-0.3, -0.25) is 14.5 Å². The van der Waals surface area contributed by atoms with Gasteiger partial charge < -0.3 is 4.90 Å². The molecule has 1 unspecified atom stereocenters. The lowest BCUT2D eigenvalue weighted by Crippen LogP contribution is -2.69. The highest BCUT2D eigenvalue weighted by Gasteiger charge is 2.60. The molecule has 2 aromatic rings. The first kappa shape index (κ1) is 20.7. The van der Waals surface area contributed by atoms with E-state index < -0.39 is 5.41 Å². The fraction of sp³-hybridized carbons (Fsp3) is 0.462. The predicted octanol–water partition coefficient (Wildman–Crippen LogP) is 4.53. The van der Waals surface area contributed by atoms with Crippen LogP contribution in [0.2, 0.25) is 5.02 Å². The molecule has 2 aromatic carbocycles. The SMILES string of the molecule is CC1(C)CC(=O)C2(Cc3ccc(Cl)cc3N3CCN(Cc4ccccc4)CC32)C(=O)C1. The van der Waals surface area contributed by atoms with Crippen LogP contribution < -0.4 is 4.90 Å². The number of Topliss-reactive ketones (excluding diaryl/α,β-unsaturated/α-hetero) is 2. The third-order valence-corrected chi connectivity index (χ3v) is 7.62. The number of nitrogens with zero attached hydrogens (tertiary/aromatic N) is 2. The van der Waals surface area contributed by atoms with Gasteiger partial charge in [-0.25, -0.2) is 0 Å². The fourth-order valence-corrected chi connectivity index (χ4v) is 6.04. The summed E-state index contributed by atoms with van der Waals surface area (Å²) < 4.78 is 0. The molecule has 5 rings (SSSR count). The smallest absolute Gasteiger partial charge is 0.149 e. The molecular formula is C26H29ClN2O2. The van der Waals surface area contributed by atoms with Crippen molar-refractivity contribution in [2.75, 3.05) is 24.5 Å². The summed E-state index contributed by atoms with van der Waals surface area (Å²) in [6, 6.07) is 16.2. The maximum Gasteiger partial charge on any atom is 0.149 e. The molecule has 2 heterocycles. The zero-order valence-corrected chi connectivity index (χ0v) is 19.0. The van der Waals surface area contributed by atoms with Crippen LogP contribution in [0, 0.1) is 10.8 Å². The van der Waals surface area contributed by atoms with Gasteiger partial charge in [0.1, 0.15) is 17.0 Å². The lowest BCUT2D eigenvalue weighted by atomic mass is 9.56. The van der Waals surface area contributed by atoms with Crippen LogP contribution >= 0.6 is 11.6 Å². The first-order valence-corrected chi connectivity index (χ1v) is 11.5. The van der Waals surface area contributed by atoms with Crippen LogP contribution in [0.15, 0.2) is 48.5 Å². The Morgan fingerprint density at radius 1 is 0.968 bits per heavy atom. The van der Waals surface area contributed by atoms with E-state index in [9.17, 15) is 9.59 Å². The van der Waals surface area contributed by atoms with Gasteiger partial charge in [-0.15, -0.1) is 0 Å². The summed E-state index contributed by atoms with van der Waals surface area (Å²) in [5, 5.41) is 0.697. The molecule has 1 spiro atoms. The molecule has 0 bridgehead atoms. The second-order valence-corrected chi connectivity index (χ2v) is 10.7. The van der Waals surface area contributed by atoms with E-state index in [4.69, 9.17) is 11.6 Å². The molecule has 4 nitrogen and oxygen atoms in total. The number of rotatable bonds is 2. The summed E-state index contributed by atoms with van der Waals surface area (Å²) in [5.41, 5.74) is 2.20. The third kappa shape index (κ3) is 3.50. The molecule has 2 fully saturated rings. The van der Waals surface area contributed by atoms with E-state index in [1.165, 1.54) is 5.56 Å². The van der Waals surface area contributed by atoms with E-state index in [0.717, 1.165) is 30.9 Å². The maximum absolute atomic E-state index is 13.7. The summed E-state index contributed by atoms with van der Waals surface area (Å²) in [7, 11) is 0. The van der Waals surface area contributed by atoms with Gasteiger partial charge >= 0.3 is 0 Å². The largest absolute Gasteiger partial charge is 0.364 e. The lowest BCUT2D eigenvalue weighted by molar-refractivity contribution is -0.151. The van der Waals surface area contributed by atoms with Crippen molar-refractivity contribution < 1.29 is 9.59 Å². The highest BCUT2D eigenvalue weighted by molar-refractivity contribution is 6.31. The minimum absolute atomic E-state index is 0.117. The zero-order valence-electron chi connectivity index (χ0n) is 18.2. The van der Waals surface area contributed by atoms with Gasteiger partial charge in [0.2, 0.25) is 0 Å². The second kappa shape index (κ2) is 7.46. The Bertz CT molecular complexity index is 1010. The fourth-order valence-electron chi connectivity index (χ4n) is 5.88. The molecule has 0 N–H and O–H groups in total. The standard InChI is InChI=1S/C26H29ClN2O2/c1-25(2)14-23(30)26(24(31)15-25)13-19-8-9-20(27)12-21(19)29-11-10-28(17-22(26)29)16-18-6-4-3-5-7-18/h3-9,12,22H,10-11,13-17H2,1-2H3. The minimum Gasteiger partial charge on any atom is -0.364 e. The van der Waals surface area contributed by atoms with Crippen molar-refractivity contribution in [3.63, 3.8) is 0 Å². The Morgan fingerprint density at radius 3 is 2.39 bits per heavy atom. The van der Waals surface area contributed by atoms with Gasteiger partial charge in [0, 0.05) is 49.7 Å². The van der Waals surface area contributed by atoms with Crippen LogP contribution in [0.3, 0.4) is 0 Å². The second-order valence-electron chi connectivity index (χ2n) is 10.2. The molecule has 2 aliphatic heterocycles. The molecule has 5 heteroatoms. The van der Waals surface area contributed by atoms with Gasteiger partial charge in [-0.2, -0.15) is 0 Å². The Morgan fingerprint density at radius 2 is 1.68 bits per heavy atom. The van der Waals surface area contributed by atoms with E-state index in [2.05, 4.69) is 34.1 Å². The highest BCUT2D eigenvalue weighted by atomic mass is 35.5. The number of carbonyl (C=O) groups excluding carboxylic acids is 2. The van der Waals surface area contributed by atoms with Crippen LogP contribution in [0.5, 0.6) is 0 Å². The van der Waals surface area contributed by atoms with Crippen LogP contribution in [-0.4, -0.2) is 42.1 Å². The third-order valence-electron chi connectivity index (χ3n) is 7.38. The number of hydrogen-bond acceptors (Lipinski definition) is 4. The summed E-state index contributed by atoms with van der Waals surface area (Å²) in [4.78, 5) is 32.1. The molecule has 1 saturated carbocycles. The van der Waals surface area contributed by atoms with Crippen LogP contribution in [0.25, 0.3) is 0 Å². The van der Waals surface area contributed by atoms with Crippen LogP contribution in [0.1, 0.15) is 37.8 Å². The average Bonchev–Trinajstić information content (AvgIpc) is 2.72. The van der Waals surface area contributed by atoms with Crippen molar-refractivity contribution in [3.05, 3.63) is 64.7 Å². The van der Waals surface area contributed by atoms with E-state index in [1.807, 2.05) is 38.1 Å². The number of piperazine rings is 1. The topological polar surface area (TPSA) is 40.6 Å². The van der Waals surface area contributed by atoms with E-state index in [0.29, 0.717) is 30.8 Å². The van der Waals surface area contributed by atoms with Gasteiger partial charge in [0.25, 0.3) is 0 Å². The number of ketones is 2. The van der Waals surface area contributed by atoms with Crippen molar-refractivity contribution >= 4 is 28.9 Å². The van der Waals surface area contributed by atoms with Gasteiger partial charge in [0.15, 0.2) is 0 Å². The predicted molar refractivity (Wildman–Crippen MR) is 123 cm³/mol. The minimum atomic E-state index is -0.953. The van der Waals surface area contributed by atoms with Gasteiger partial charge in [-0.1, -0.05) is 61.8 Å². The lowest BCUT2D eigenvalue weighted by Gasteiger charge is -2.56. The molecule has 1 atom stereocenters. The number of carbonyl (C=O) groups is 2. The summed E-state index contributed by atoms with van der Waals surface area (Å²) in [5.74, 6) is 0.233. The molecule has 3 aliphatic rings. The van der Waals surface area contributed by atoms with E-state index in [1.54, 1.807) is 0 Å². The first-order valence-electron chi connectivity index (χ1n) is 11.2. The van der Waals surface area contributed by atoms with Crippen LogP contribution in [-0.2, 0) is 22.6 Å². The molecule has 31 heavy (non-hydrogen) atoms. The van der Waals surface area contributed by atoms with E-state index in [-0.39, 0.29) is 23.0 Å². The van der Waals surface area contributed by atoms with Crippen molar-refractivity contribution in [3.8, 4) is 0 Å². The molecule has 1 aliphatic carbocycles. The monoisotopic (exact) mass is 436 g/mol. The number of benzene rings is 2. The van der Waals surface area contributed by atoms with Gasteiger partial charge in [0.05, 0.1) is 6.04 Å². The average molecular weight is 437 g/mol. The molecular weight excluding hydrogens is 408 g/mol. The number of anilines is 1. The van der Waals surface area contributed by atoms with Crippen molar-refractivity contribution in [2.24, 2.45) is 10.8 Å². The maximum atomic E-state index is 13.7. The molecule has 0 radical (unpaired) electrons. The van der Waals surface area contributed by atoms with E-state index >= 15 is 0 Å². The normalized spacial score (nSPS) is 24.7. The van der Waals surface area contributed by atoms with Crippen molar-refractivity contribution in [2.45, 2.75) is 45.7 Å². The highest BCUT2D eigenvalue weighted by Crippen LogP contribution is 2.51.